The standard InChI is InChI=1S/C12H23FN2O2/c1-12(2,3)17-11(16)15-10-8-14-7-5-9(10)4-6-13/h9-10,14H,4-8H2,1-3H3,(H,15,16)/t9-,10-/m0/s1. The average Bonchev–Trinajstić information content (AvgIpc) is 2.18. The summed E-state index contributed by atoms with van der Waals surface area (Å²) in [6.45, 7) is 6.71. The highest BCUT2D eigenvalue weighted by molar-refractivity contribution is 5.68. The van der Waals surface area contributed by atoms with Crippen molar-refractivity contribution < 1.29 is 13.9 Å². The largest absolute Gasteiger partial charge is 0.444 e. The first-order chi connectivity index (χ1) is 7.92. The van der Waals surface area contributed by atoms with Crippen LogP contribution in [0.5, 0.6) is 0 Å². The van der Waals surface area contributed by atoms with Crippen molar-refractivity contribution >= 4 is 6.09 Å². The van der Waals surface area contributed by atoms with Crippen molar-refractivity contribution in [2.24, 2.45) is 5.92 Å². The Labute approximate surface area is 102 Å². The fourth-order valence-electron chi connectivity index (χ4n) is 2.03. The molecule has 0 unspecified atom stereocenters. The molecule has 0 spiro atoms. The lowest BCUT2D eigenvalue weighted by Gasteiger charge is -2.33. The molecular weight excluding hydrogens is 223 g/mol. The second-order valence-electron chi connectivity index (χ2n) is 5.48. The number of alkyl halides is 1. The Balaban J connectivity index is 2.44. The second-order valence-corrected chi connectivity index (χ2v) is 5.48. The number of alkyl carbamates (subject to hydrolysis) is 1. The molecule has 0 aliphatic carbocycles. The molecule has 0 saturated carbocycles. The van der Waals surface area contributed by atoms with Crippen LogP contribution in [0.4, 0.5) is 9.18 Å². The molecule has 2 atom stereocenters. The van der Waals surface area contributed by atoms with E-state index in [1.54, 1.807) is 0 Å². The maximum Gasteiger partial charge on any atom is 0.407 e. The Morgan fingerprint density at radius 1 is 1.53 bits per heavy atom. The number of carbonyl (C=O) groups is 1. The molecule has 0 aromatic heterocycles. The zero-order valence-corrected chi connectivity index (χ0v) is 10.9. The minimum Gasteiger partial charge on any atom is -0.444 e. The molecule has 0 aromatic carbocycles. The van der Waals surface area contributed by atoms with E-state index in [9.17, 15) is 9.18 Å². The molecule has 1 heterocycles. The number of piperidine rings is 1. The number of nitrogens with one attached hydrogen (secondary N) is 2. The number of hydrogen-bond acceptors (Lipinski definition) is 3. The molecular formula is C12H23FN2O2. The van der Waals surface area contributed by atoms with Crippen molar-refractivity contribution in [2.75, 3.05) is 19.8 Å². The first-order valence-electron chi connectivity index (χ1n) is 6.18. The molecule has 1 saturated heterocycles. The zero-order valence-electron chi connectivity index (χ0n) is 10.9. The summed E-state index contributed by atoms with van der Waals surface area (Å²) in [7, 11) is 0. The Kier molecular flexibility index (Phi) is 5.18. The Hall–Kier alpha value is -0.840. The van der Waals surface area contributed by atoms with Crippen LogP contribution in [0.25, 0.3) is 0 Å². The Morgan fingerprint density at radius 3 is 2.82 bits per heavy atom. The lowest BCUT2D eigenvalue weighted by atomic mass is 9.90. The monoisotopic (exact) mass is 246 g/mol. The van der Waals surface area contributed by atoms with Gasteiger partial charge in [0.15, 0.2) is 0 Å². The highest BCUT2D eigenvalue weighted by atomic mass is 19.1. The smallest absolute Gasteiger partial charge is 0.407 e. The SMILES string of the molecule is CC(C)(C)OC(=O)N[C@H]1CNCC[C@@H]1CCF. The van der Waals surface area contributed by atoms with Crippen molar-refractivity contribution in [3.8, 4) is 0 Å². The number of rotatable bonds is 3. The molecule has 4 nitrogen and oxygen atoms in total. The van der Waals surface area contributed by atoms with Gasteiger partial charge in [-0.1, -0.05) is 0 Å². The van der Waals surface area contributed by atoms with Gasteiger partial charge in [-0.2, -0.15) is 0 Å². The second kappa shape index (κ2) is 6.19. The van der Waals surface area contributed by atoms with E-state index >= 15 is 0 Å². The molecule has 0 bridgehead atoms. The number of ether oxygens (including phenoxy) is 1. The summed E-state index contributed by atoms with van der Waals surface area (Å²) in [5.41, 5.74) is -0.498. The summed E-state index contributed by atoms with van der Waals surface area (Å²) in [6, 6.07) is -0.0330. The van der Waals surface area contributed by atoms with Crippen LogP contribution in [-0.2, 0) is 4.74 Å². The summed E-state index contributed by atoms with van der Waals surface area (Å²) in [6.07, 6.45) is 0.974. The van der Waals surface area contributed by atoms with Crippen molar-refractivity contribution in [3.63, 3.8) is 0 Å². The van der Waals surface area contributed by atoms with Crippen LogP contribution in [-0.4, -0.2) is 37.5 Å². The van der Waals surface area contributed by atoms with Gasteiger partial charge in [-0.3, -0.25) is 4.39 Å². The van der Waals surface area contributed by atoms with E-state index in [4.69, 9.17) is 4.74 Å². The first-order valence-corrected chi connectivity index (χ1v) is 6.18. The number of halogens is 1. The van der Waals surface area contributed by atoms with Crippen LogP contribution in [0.1, 0.15) is 33.6 Å². The molecule has 1 rings (SSSR count). The summed E-state index contributed by atoms with van der Waals surface area (Å²) in [5, 5.41) is 6.02. The fraction of sp³-hybridized carbons (Fsp3) is 0.917. The predicted molar refractivity (Wildman–Crippen MR) is 64.7 cm³/mol. The zero-order chi connectivity index (χ0) is 12.9. The van der Waals surface area contributed by atoms with Crippen LogP contribution in [0.3, 0.4) is 0 Å². The van der Waals surface area contributed by atoms with Gasteiger partial charge in [-0.05, 0) is 46.1 Å². The summed E-state index contributed by atoms with van der Waals surface area (Å²) >= 11 is 0. The highest BCUT2D eigenvalue weighted by Gasteiger charge is 2.27. The third kappa shape index (κ3) is 5.35. The number of hydrogen-bond donors (Lipinski definition) is 2. The lowest BCUT2D eigenvalue weighted by Crippen LogP contribution is -2.52. The van der Waals surface area contributed by atoms with Crippen molar-refractivity contribution in [3.05, 3.63) is 0 Å². The van der Waals surface area contributed by atoms with E-state index in [2.05, 4.69) is 10.6 Å². The van der Waals surface area contributed by atoms with Gasteiger partial charge in [0.05, 0.1) is 6.67 Å². The third-order valence-electron chi connectivity index (χ3n) is 2.81. The van der Waals surface area contributed by atoms with Crippen LogP contribution in [0.2, 0.25) is 0 Å². The Morgan fingerprint density at radius 2 is 2.24 bits per heavy atom. The van der Waals surface area contributed by atoms with Gasteiger partial charge in [-0.25, -0.2) is 4.79 Å². The lowest BCUT2D eigenvalue weighted by molar-refractivity contribution is 0.0471. The maximum atomic E-state index is 12.4. The topological polar surface area (TPSA) is 50.4 Å². The molecule has 0 radical (unpaired) electrons. The van der Waals surface area contributed by atoms with E-state index in [-0.39, 0.29) is 18.6 Å². The van der Waals surface area contributed by atoms with Crippen LogP contribution < -0.4 is 10.6 Å². The first kappa shape index (κ1) is 14.2. The molecule has 5 heteroatoms. The molecule has 0 aromatic rings. The van der Waals surface area contributed by atoms with Gasteiger partial charge < -0.3 is 15.4 Å². The minimum absolute atomic E-state index is 0.0330. The van der Waals surface area contributed by atoms with Gasteiger partial charge in [0.2, 0.25) is 0 Å². The summed E-state index contributed by atoms with van der Waals surface area (Å²) in [5.74, 6) is 0.203. The average molecular weight is 246 g/mol. The van der Waals surface area contributed by atoms with Gasteiger partial charge in [0.1, 0.15) is 5.60 Å². The van der Waals surface area contributed by atoms with E-state index in [1.165, 1.54) is 0 Å². The summed E-state index contributed by atoms with van der Waals surface area (Å²) < 4.78 is 17.6. The van der Waals surface area contributed by atoms with Crippen LogP contribution in [0, 0.1) is 5.92 Å². The minimum atomic E-state index is -0.498. The normalized spacial score (nSPS) is 25.4. The van der Waals surface area contributed by atoms with Crippen LogP contribution in [0.15, 0.2) is 0 Å². The fourth-order valence-corrected chi connectivity index (χ4v) is 2.03. The van der Waals surface area contributed by atoms with E-state index < -0.39 is 11.7 Å². The van der Waals surface area contributed by atoms with Gasteiger partial charge in [0.25, 0.3) is 0 Å². The predicted octanol–water partition coefficient (Wildman–Crippen LogP) is 1.85. The van der Waals surface area contributed by atoms with E-state index in [1.807, 2.05) is 20.8 Å². The molecule has 1 fully saturated rings. The van der Waals surface area contributed by atoms with Gasteiger partial charge in [0, 0.05) is 12.6 Å². The number of amides is 1. The molecule has 1 aliphatic heterocycles. The van der Waals surface area contributed by atoms with Crippen LogP contribution >= 0.6 is 0 Å². The van der Waals surface area contributed by atoms with E-state index in [0.29, 0.717) is 13.0 Å². The molecule has 17 heavy (non-hydrogen) atoms. The van der Waals surface area contributed by atoms with Crippen molar-refractivity contribution in [1.29, 1.82) is 0 Å². The quantitative estimate of drug-likeness (QED) is 0.799. The van der Waals surface area contributed by atoms with Gasteiger partial charge >= 0.3 is 6.09 Å². The molecule has 100 valence electrons. The summed E-state index contributed by atoms with van der Waals surface area (Å²) in [4.78, 5) is 11.6. The Bertz CT molecular complexity index is 251. The van der Waals surface area contributed by atoms with E-state index in [0.717, 1.165) is 13.0 Å². The molecule has 1 aliphatic rings. The maximum absolute atomic E-state index is 12.4. The van der Waals surface area contributed by atoms with Crippen molar-refractivity contribution in [2.45, 2.75) is 45.3 Å². The van der Waals surface area contributed by atoms with Crippen molar-refractivity contribution in [1.82, 2.24) is 10.6 Å². The molecule has 2 N–H and O–H groups in total. The third-order valence-corrected chi connectivity index (χ3v) is 2.81. The van der Waals surface area contributed by atoms with Gasteiger partial charge in [-0.15, -0.1) is 0 Å². The molecule has 1 amide bonds. The highest BCUT2D eigenvalue weighted by Crippen LogP contribution is 2.17. The number of carbonyl (C=O) groups excluding carboxylic acids is 1.